The van der Waals surface area contributed by atoms with Gasteiger partial charge in [-0.1, -0.05) is 13.8 Å². The molecule has 1 aromatic carbocycles. The van der Waals surface area contributed by atoms with E-state index in [0.717, 1.165) is 0 Å². The summed E-state index contributed by atoms with van der Waals surface area (Å²) < 4.78 is 4.83. The van der Waals surface area contributed by atoms with E-state index >= 15 is 0 Å². The average Bonchev–Trinajstić information content (AvgIpc) is 2.21. The zero-order chi connectivity index (χ0) is 11.1. The summed E-state index contributed by atoms with van der Waals surface area (Å²) in [6, 6.07) is 4.51. The normalized spacial score (nSPS) is 8.57. The average molecular weight is 196 g/mol. The molecule has 0 aliphatic heterocycles. The number of methoxy groups -OCH3 is 1. The number of ether oxygens (including phenoxy) is 1. The van der Waals surface area contributed by atoms with Crippen molar-refractivity contribution in [3.63, 3.8) is 0 Å². The molecular formula is C11H16O3. The Balaban J connectivity index is 0.000000791. The predicted octanol–water partition coefficient (Wildman–Crippen LogP) is 2.63. The number of carbonyl (C=O) groups excluding carboxylic acids is 1. The van der Waals surface area contributed by atoms with Crippen molar-refractivity contribution in [2.24, 2.45) is 0 Å². The van der Waals surface area contributed by atoms with Gasteiger partial charge in [-0.25, -0.2) is 0 Å². The Bertz CT molecular complexity index is 305. The molecule has 0 aliphatic rings. The number of benzene rings is 1. The highest BCUT2D eigenvalue weighted by atomic mass is 16.5. The van der Waals surface area contributed by atoms with Crippen LogP contribution in [-0.2, 0) is 0 Å². The zero-order valence-electron chi connectivity index (χ0n) is 9.00. The highest BCUT2D eigenvalue weighted by Gasteiger charge is 2.04. The molecular weight excluding hydrogens is 180 g/mol. The van der Waals surface area contributed by atoms with Crippen molar-refractivity contribution in [1.29, 1.82) is 0 Å². The first-order chi connectivity index (χ1) is 6.65. The molecule has 3 heteroatoms. The van der Waals surface area contributed by atoms with Crippen LogP contribution in [0.3, 0.4) is 0 Å². The van der Waals surface area contributed by atoms with Gasteiger partial charge in [0, 0.05) is 5.56 Å². The minimum absolute atomic E-state index is 0.0440. The Morgan fingerprint density at radius 1 is 1.36 bits per heavy atom. The van der Waals surface area contributed by atoms with Gasteiger partial charge in [0.15, 0.2) is 17.3 Å². The largest absolute Gasteiger partial charge is 0.504 e. The third-order valence-corrected chi connectivity index (χ3v) is 1.59. The molecule has 3 nitrogen and oxygen atoms in total. The predicted molar refractivity (Wildman–Crippen MR) is 56.0 cm³/mol. The summed E-state index contributed by atoms with van der Waals surface area (Å²) in [5.74, 6) is 0.318. The Morgan fingerprint density at radius 3 is 2.36 bits per heavy atom. The summed E-state index contributed by atoms with van der Waals surface area (Å²) in [6.07, 6.45) is 0. The number of phenolic OH excluding ortho intramolecular Hbond substituents is 1. The van der Waals surface area contributed by atoms with E-state index in [1.165, 1.54) is 26.2 Å². The Hall–Kier alpha value is -1.51. The van der Waals surface area contributed by atoms with Gasteiger partial charge < -0.3 is 9.84 Å². The van der Waals surface area contributed by atoms with Gasteiger partial charge in [0.25, 0.3) is 0 Å². The second-order valence-electron chi connectivity index (χ2n) is 2.44. The molecule has 0 unspecified atom stereocenters. The second-order valence-corrected chi connectivity index (χ2v) is 2.44. The third kappa shape index (κ3) is 3.09. The first-order valence-electron chi connectivity index (χ1n) is 4.53. The van der Waals surface area contributed by atoms with Crippen molar-refractivity contribution < 1.29 is 14.6 Å². The van der Waals surface area contributed by atoms with Gasteiger partial charge in [0.1, 0.15) is 0 Å². The van der Waals surface area contributed by atoms with Gasteiger partial charge in [-0.05, 0) is 25.1 Å². The molecule has 78 valence electrons. The van der Waals surface area contributed by atoms with Crippen LogP contribution in [0.4, 0.5) is 0 Å². The molecule has 1 rings (SSSR count). The highest BCUT2D eigenvalue weighted by molar-refractivity contribution is 5.94. The lowest BCUT2D eigenvalue weighted by molar-refractivity contribution is 0.101. The highest BCUT2D eigenvalue weighted by Crippen LogP contribution is 2.26. The lowest BCUT2D eigenvalue weighted by atomic mass is 10.1. The second kappa shape index (κ2) is 6.02. The maximum absolute atomic E-state index is 10.9. The molecule has 0 saturated carbocycles. The van der Waals surface area contributed by atoms with Crippen molar-refractivity contribution >= 4 is 5.78 Å². The van der Waals surface area contributed by atoms with E-state index in [1.807, 2.05) is 13.8 Å². The van der Waals surface area contributed by atoms with Gasteiger partial charge in [-0.15, -0.1) is 0 Å². The van der Waals surface area contributed by atoms with Crippen LogP contribution in [0.5, 0.6) is 11.5 Å². The van der Waals surface area contributed by atoms with E-state index in [9.17, 15) is 9.90 Å². The first kappa shape index (κ1) is 12.5. The lowest BCUT2D eigenvalue weighted by Crippen LogP contribution is -1.92. The van der Waals surface area contributed by atoms with Crippen LogP contribution in [0.2, 0.25) is 0 Å². The van der Waals surface area contributed by atoms with Crippen molar-refractivity contribution in [3.05, 3.63) is 23.8 Å². The summed E-state index contributed by atoms with van der Waals surface area (Å²) in [5, 5.41) is 9.18. The van der Waals surface area contributed by atoms with Crippen LogP contribution in [0, 0.1) is 0 Å². The molecule has 0 spiro atoms. The number of hydrogen-bond donors (Lipinski definition) is 1. The summed E-state index contributed by atoms with van der Waals surface area (Å²) in [6.45, 7) is 5.46. The Kier molecular flexibility index (Phi) is 5.37. The fourth-order valence-electron chi connectivity index (χ4n) is 0.897. The fraction of sp³-hybridized carbons (Fsp3) is 0.364. The van der Waals surface area contributed by atoms with Gasteiger partial charge in [0.2, 0.25) is 0 Å². The molecule has 0 heterocycles. The summed E-state index contributed by atoms with van der Waals surface area (Å²) in [5.41, 5.74) is 0.532. The maximum atomic E-state index is 10.9. The van der Waals surface area contributed by atoms with E-state index in [0.29, 0.717) is 11.3 Å². The SMILES string of the molecule is CC.COc1cc(C(C)=O)ccc1O. The summed E-state index contributed by atoms with van der Waals surface area (Å²) in [7, 11) is 1.44. The minimum Gasteiger partial charge on any atom is -0.504 e. The van der Waals surface area contributed by atoms with Crippen molar-refractivity contribution in [1.82, 2.24) is 0 Å². The monoisotopic (exact) mass is 196 g/mol. The van der Waals surface area contributed by atoms with Gasteiger partial charge >= 0.3 is 0 Å². The van der Waals surface area contributed by atoms with Crippen LogP contribution < -0.4 is 4.74 Å². The number of phenols is 1. The van der Waals surface area contributed by atoms with Crippen molar-refractivity contribution in [2.75, 3.05) is 7.11 Å². The van der Waals surface area contributed by atoms with Crippen LogP contribution in [-0.4, -0.2) is 18.0 Å². The Morgan fingerprint density at radius 2 is 1.93 bits per heavy atom. The number of Topliss-reactive ketones (excluding diaryl/α,β-unsaturated/α-hetero) is 1. The minimum atomic E-state index is -0.0479. The fourth-order valence-corrected chi connectivity index (χ4v) is 0.897. The van der Waals surface area contributed by atoms with Crippen LogP contribution >= 0.6 is 0 Å². The zero-order valence-corrected chi connectivity index (χ0v) is 9.00. The van der Waals surface area contributed by atoms with Crippen LogP contribution in [0.15, 0.2) is 18.2 Å². The molecule has 0 aliphatic carbocycles. The quantitative estimate of drug-likeness (QED) is 0.739. The van der Waals surface area contributed by atoms with Crippen molar-refractivity contribution in [3.8, 4) is 11.5 Å². The summed E-state index contributed by atoms with van der Waals surface area (Å²) in [4.78, 5) is 10.9. The van der Waals surface area contributed by atoms with Gasteiger partial charge in [-0.3, -0.25) is 4.79 Å². The summed E-state index contributed by atoms with van der Waals surface area (Å²) >= 11 is 0. The van der Waals surface area contributed by atoms with Crippen molar-refractivity contribution in [2.45, 2.75) is 20.8 Å². The standard InChI is InChI=1S/C9H10O3.C2H6/c1-6(10)7-3-4-8(11)9(5-7)12-2;1-2/h3-5,11H,1-2H3;1-2H3. The smallest absolute Gasteiger partial charge is 0.161 e. The van der Waals surface area contributed by atoms with E-state index in [-0.39, 0.29) is 11.5 Å². The Labute approximate surface area is 84.3 Å². The number of aromatic hydroxyl groups is 1. The number of carbonyl (C=O) groups is 1. The molecule has 1 N–H and O–H groups in total. The van der Waals surface area contributed by atoms with E-state index in [4.69, 9.17) is 4.74 Å². The number of hydrogen-bond acceptors (Lipinski definition) is 3. The molecule has 0 saturated heterocycles. The molecule has 14 heavy (non-hydrogen) atoms. The van der Waals surface area contributed by atoms with Crippen LogP contribution in [0.25, 0.3) is 0 Å². The molecule has 1 aromatic rings. The molecule has 0 amide bonds. The maximum Gasteiger partial charge on any atom is 0.161 e. The van der Waals surface area contributed by atoms with E-state index < -0.39 is 0 Å². The molecule has 0 fully saturated rings. The van der Waals surface area contributed by atoms with Gasteiger partial charge in [-0.2, -0.15) is 0 Å². The molecule has 0 radical (unpaired) electrons. The lowest BCUT2D eigenvalue weighted by Gasteiger charge is -2.03. The van der Waals surface area contributed by atoms with Gasteiger partial charge in [0.05, 0.1) is 7.11 Å². The molecule has 0 bridgehead atoms. The topological polar surface area (TPSA) is 46.5 Å². The van der Waals surface area contributed by atoms with Crippen LogP contribution in [0.1, 0.15) is 31.1 Å². The molecule has 0 atom stereocenters. The number of rotatable bonds is 2. The van der Waals surface area contributed by atoms with E-state index in [2.05, 4.69) is 0 Å². The third-order valence-electron chi connectivity index (χ3n) is 1.59. The van der Waals surface area contributed by atoms with E-state index in [1.54, 1.807) is 6.07 Å². The number of ketones is 1. The first-order valence-corrected chi connectivity index (χ1v) is 4.53. The molecule has 0 aromatic heterocycles.